The molecule has 1 amide bonds. The number of terminal acetylenes is 1. The first-order valence-electron chi connectivity index (χ1n) is 6.34. The highest BCUT2D eigenvalue weighted by Gasteiger charge is 2.35. The molecule has 5 nitrogen and oxygen atoms in total. The highest BCUT2D eigenvalue weighted by Crippen LogP contribution is 2.26. The van der Waals surface area contributed by atoms with Crippen LogP contribution in [-0.2, 0) is 9.84 Å². The van der Waals surface area contributed by atoms with Crippen LogP contribution < -0.4 is 5.73 Å². The van der Waals surface area contributed by atoms with Gasteiger partial charge in [-0.2, -0.15) is 0 Å². The van der Waals surface area contributed by atoms with E-state index in [0.717, 1.165) is 0 Å². The second kappa shape index (κ2) is 5.96. The molecule has 1 aliphatic heterocycles. The molecule has 21 heavy (non-hydrogen) atoms. The highest BCUT2D eigenvalue weighted by molar-refractivity contribution is 7.91. The molecule has 1 unspecified atom stereocenters. The Labute approximate surface area is 129 Å². The average molecular weight is 327 g/mol. The van der Waals surface area contributed by atoms with Gasteiger partial charge in [-0.05, 0) is 18.6 Å². The molecule has 1 fully saturated rings. The molecule has 1 aromatic rings. The fourth-order valence-corrected chi connectivity index (χ4v) is 4.27. The fraction of sp³-hybridized carbons (Fsp3) is 0.357. The smallest absolute Gasteiger partial charge is 0.257 e. The largest absolute Gasteiger partial charge is 0.397 e. The number of nitrogen functional groups attached to an aromatic ring is 1. The standard InChI is InChI=1S/C14H15ClN2O3S/c1-2-7-17(10-6-8-21(19,20)9-10)14(18)11-4-3-5-12(15)13(11)16/h1,3-5,10H,6-9,16H2. The molecule has 1 heterocycles. The van der Waals surface area contributed by atoms with Gasteiger partial charge in [0.05, 0.1) is 34.3 Å². The van der Waals surface area contributed by atoms with Gasteiger partial charge in [-0.25, -0.2) is 8.42 Å². The molecule has 7 heteroatoms. The monoisotopic (exact) mass is 326 g/mol. The van der Waals surface area contributed by atoms with Crippen molar-refractivity contribution in [3.8, 4) is 12.3 Å². The number of carbonyl (C=O) groups excluding carboxylic acids is 1. The van der Waals surface area contributed by atoms with Gasteiger partial charge in [-0.1, -0.05) is 23.6 Å². The molecule has 0 radical (unpaired) electrons. The van der Waals surface area contributed by atoms with Crippen molar-refractivity contribution in [3.05, 3.63) is 28.8 Å². The Kier molecular flexibility index (Phi) is 4.45. The van der Waals surface area contributed by atoms with Gasteiger partial charge in [-0.15, -0.1) is 6.42 Å². The van der Waals surface area contributed by atoms with Crippen LogP contribution in [0.5, 0.6) is 0 Å². The zero-order valence-corrected chi connectivity index (χ0v) is 12.8. The third-order valence-corrected chi connectivity index (χ3v) is 5.53. The first-order valence-corrected chi connectivity index (χ1v) is 8.54. The molecule has 0 bridgehead atoms. The average Bonchev–Trinajstić information content (AvgIpc) is 2.78. The lowest BCUT2D eigenvalue weighted by Crippen LogP contribution is -2.41. The van der Waals surface area contributed by atoms with Crippen LogP contribution in [0.15, 0.2) is 18.2 Å². The summed E-state index contributed by atoms with van der Waals surface area (Å²) in [6.07, 6.45) is 5.68. The van der Waals surface area contributed by atoms with E-state index in [2.05, 4.69) is 5.92 Å². The molecule has 112 valence electrons. The quantitative estimate of drug-likeness (QED) is 0.668. The predicted octanol–water partition coefficient (Wildman–Crippen LogP) is 1.18. The molecule has 2 rings (SSSR count). The fourth-order valence-electron chi connectivity index (χ4n) is 2.36. The molecule has 0 saturated carbocycles. The van der Waals surface area contributed by atoms with Crippen LogP contribution in [0.3, 0.4) is 0 Å². The summed E-state index contributed by atoms with van der Waals surface area (Å²) in [5.74, 6) is 2.00. The summed E-state index contributed by atoms with van der Waals surface area (Å²) in [4.78, 5) is 14.0. The second-order valence-corrected chi connectivity index (χ2v) is 7.53. The number of nitrogens with two attached hydrogens (primary N) is 1. The molecule has 0 spiro atoms. The van der Waals surface area contributed by atoms with Crippen LogP contribution in [-0.4, -0.2) is 43.3 Å². The van der Waals surface area contributed by atoms with Crippen molar-refractivity contribution in [2.45, 2.75) is 12.5 Å². The van der Waals surface area contributed by atoms with Crippen molar-refractivity contribution in [1.82, 2.24) is 4.90 Å². The summed E-state index contributed by atoms with van der Waals surface area (Å²) >= 11 is 5.91. The third-order valence-electron chi connectivity index (χ3n) is 3.45. The SMILES string of the molecule is C#CCN(C(=O)c1cccc(Cl)c1N)C1CCS(=O)(=O)C1. The van der Waals surface area contributed by atoms with Gasteiger partial charge in [0, 0.05) is 6.04 Å². The number of para-hydroxylation sites is 1. The van der Waals surface area contributed by atoms with Crippen molar-refractivity contribution in [3.63, 3.8) is 0 Å². The van der Waals surface area contributed by atoms with Crippen molar-refractivity contribution in [1.29, 1.82) is 0 Å². The summed E-state index contributed by atoms with van der Waals surface area (Å²) < 4.78 is 23.2. The van der Waals surface area contributed by atoms with Gasteiger partial charge in [-0.3, -0.25) is 4.79 Å². The summed E-state index contributed by atoms with van der Waals surface area (Å²) in [6, 6.07) is 4.33. The van der Waals surface area contributed by atoms with Gasteiger partial charge in [0.15, 0.2) is 9.84 Å². The number of halogens is 1. The van der Waals surface area contributed by atoms with E-state index < -0.39 is 21.8 Å². The number of hydrogen-bond acceptors (Lipinski definition) is 4. The topological polar surface area (TPSA) is 80.5 Å². The lowest BCUT2D eigenvalue weighted by Gasteiger charge is -2.26. The second-order valence-electron chi connectivity index (χ2n) is 4.90. The molecular weight excluding hydrogens is 312 g/mol. The Balaban J connectivity index is 2.33. The Morgan fingerprint density at radius 2 is 2.24 bits per heavy atom. The van der Waals surface area contributed by atoms with E-state index in [0.29, 0.717) is 6.42 Å². The minimum absolute atomic E-state index is 0.0327. The van der Waals surface area contributed by atoms with Crippen LogP contribution in [0.4, 0.5) is 5.69 Å². The number of rotatable bonds is 3. The normalized spacial score (nSPS) is 19.9. The molecule has 1 aromatic carbocycles. The third kappa shape index (κ3) is 3.31. The van der Waals surface area contributed by atoms with E-state index in [-0.39, 0.29) is 34.3 Å². The minimum atomic E-state index is -3.11. The predicted molar refractivity (Wildman–Crippen MR) is 82.8 cm³/mol. The van der Waals surface area contributed by atoms with Gasteiger partial charge in [0.2, 0.25) is 0 Å². The maximum atomic E-state index is 12.6. The van der Waals surface area contributed by atoms with Crippen molar-refractivity contribution < 1.29 is 13.2 Å². The van der Waals surface area contributed by atoms with E-state index in [1.54, 1.807) is 18.2 Å². The molecular formula is C14H15ClN2O3S. The summed E-state index contributed by atoms with van der Waals surface area (Å²) in [5, 5.41) is 0.278. The number of nitrogens with zero attached hydrogens (tertiary/aromatic N) is 1. The van der Waals surface area contributed by atoms with Gasteiger partial charge >= 0.3 is 0 Å². The van der Waals surface area contributed by atoms with Gasteiger partial charge in [0.25, 0.3) is 5.91 Å². The van der Waals surface area contributed by atoms with Crippen LogP contribution in [0.1, 0.15) is 16.8 Å². The molecule has 2 N–H and O–H groups in total. The van der Waals surface area contributed by atoms with Gasteiger partial charge < -0.3 is 10.6 Å². The molecule has 1 aliphatic rings. The van der Waals surface area contributed by atoms with Gasteiger partial charge in [0.1, 0.15) is 0 Å². The maximum absolute atomic E-state index is 12.6. The van der Waals surface area contributed by atoms with E-state index in [4.69, 9.17) is 23.8 Å². The Morgan fingerprint density at radius 3 is 2.81 bits per heavy atom. The summed E-state index contributed by atoms with van der Waals surface area (Å²) in [5.41, 5.74) is 6.23. The minimum Gasteiger partial charge on any atom is -0.397 e. The van der Waals surface area contributed by atoms with Crippen LogP contribution in [0.25, 0.3) is 0 Å². The van der Waals surface area contributed by atoms with Crippen molar-refractivity contribution in [2.24, 2.45) is 0 Å². The zero-order valence-electron chi connectivity index (χ0n) is 11.3. The molecule has 0 aromatic heterocycles. The van der Waals surface area contributed by atoms with Crippen LogP contribution in [0.2, 0.25) is 5.02 Å². The Morgan fingerprint density at radius 1 is 1.52 bits per heavy atom. The number of hydrogen-bond donors (Lipinski definition) is 1. The van der Waals surface area contributed by atoms with Crippen LogP contribution >= 0.6 is 11.6 Å². The first kappa shape index (κ1) is 15.7. The van der Waals surface area contributed by atoms with Crippen LogP contribution in [0, 0.1) is 12.3 Å². The number of carbonyl (C=O) groups is 1. The van der Waals surface area contributed by atoms with E-state index in [9.17, 15) is 13.2 Å². The molecule has 1 atom stereocenters. The van der Waals surface area contributed by atoms with Crippen molar-refractivity contribution in [2.75, 3.05) is 23.8 Å². The number of amides is 1. The Hall–Kier alpha value is -1.71. The lowest BCUT2D eigenvalue weighted by atomic mass is 10.1. The van der Waals surface area contributed by atoms with Crippen molar-refractivity contribution >= 4 is 33.0 Å². The number of anilines is 1. The zero-order chi connectivity index (χ0) is 15.6. The summed E-state index contributed by atoms with van der Waals surface area (Å²) in [6.45, 7) is 0.0327. The summed E-state index contributed by atoms with van der Waals surface area (Å²) in [7, 11) is -3.11. The highest BCUT2D eigenvalue weighted by atomic mass is 35.5. The Bertz CT molecular complexity index is 709. The molecule has 1 saturated heterocycles. The number of sulfone groups is 1. The first-order chi connectivity index (χ1) is 9.85. The maximum Gasteiger partial charge on any atom is 0.257 e. The van der Waals surface area contributed by atoms with E-state index in [1.165, 1.54) is 4.90 Å². The van der Waals surface area contributed by atoms with E-state index in [1.807, 2.05) is 0 Å². The number of benzene rings is 1. The van der Waals surface area contributed by atoms with E-state index >= 15 is 0 Å². The lowest BCUT2D eigenvalue weighted by molar-refractivity contribution is 0.0725. The molecule has 0 aliphatic carbocycles.